The van der Waals surface area contributed by atoms with Gasteiger partial charge in [0.25, 0.3) is 0 Å². The molecule has 20 heavy (non-hydrogen) atoms. The van der Waals surface area contributed by atoms with Crippen molar-refractivity contribution in [2.24, 2.45) is 0 Å². The van der Waals surface area contributed by atoms with Gasteiger partial charge in [0.1, 0.15) is 5.82 Å². The summed E-state index contributed by atoms with van der Waals surface area (Å²) in [5.74, 6) is -1.13. The van der Waals surface area contributed by atoms with Crippen LogP contribution in [0, 0.1) is 17.1 Å². The molecule has 0 aliphatic carbocycles. The smallest absolute Gasteiger partial charge is 0.171 e. The van der Waals surface area contributed by atoms with Crippen molar-refractivity contribution in [3.05, 3.63) is 69.9 Å². The first-order chi connectivity index (χ1) is 9.63. The lowest BCUT2D eigenvalue weighted by Gasteiger charge is -2.13. The Balaban J connectivity index is 2.37. The van der Waals surface area contributed by atoms with Crippen LogP contribution >= 0.6 is 15.9 Å². The van der Waals surface area contributed by atoms with Crippen molar-refractivity contribution in [3.8, 4) is 6.07 Å². The predicted octanol–water partition coefficient (Wildman–Crippen LogP) is 4.47. The third-order valence-corrected chi connectivity index (χ3v) is 3.63. The highest BCUT2D eigenvalue weighted by atomic mass is 79.9. The number of halogens is 2. The van der Waals surface area contributed by atoms with Crippen molar-refractivity contribution in [2.45, 2.75) is 12.3 Å². The van der Waals surface area contributed by atoms with E-state index in [4.69, 9.17) is 5.26 Å². The van der Waals surface area contributed by atoms with Crippen LogP contribution < -0.4 is 0 Å². The van der Waals surface area contributed by atoms with E-state index in [0.717, 1.165) is 5.56 Å². The molecule has 2 rings (SSSR count). The van der Waals surface area contributed by atoms with E-state index in [1.165, 1.54) is 18.2 Å². The molecule has 0 aliphatic rings. The van der Waals surface area contributed by atoms with Gasteiger partial charge in [-0.05, 0) is 39.7 Å². The van der Waals surface area contributed by atoms with Crippen molar-refractivity contribution >= 4 is 21.7 Å². The maximum absolute atomic E-state index is 13.2. The highest BCUT2D eigenvalue weighted by Gasteiger charge is 2.22. The molecule has 0 radical (unpaired) electrons. The number of hydrogen-bond donors (Lipinski definition) is 0. The highest BCUT2D eigenvalue weighted by molar-refractivity contribution is 9.10. The van der Waals surface area contributed by atoms with Gasteiger partial charge in [-0.15, -0.1) is 0 Å². The lowest BCUT2D eigenvalue weighted by atomic mass is 9.88. The fourth-order valence-electron chi connectivity index (χ4n) is 1.99. The standard InChI is InChI=1S/C16H11BrFNO/c17-14-10-12(6-7-15(14)18)16(20)13(8-9-19)11-4-2-1-3-5-11/h1-7,10,13H,8H2. The highest BCUT2D eigenvalue weighted by Crippen LogP contribution is 2.26. The zero-order valence-electron chi connectivity index (χ0n) is 10.5. The van der Waals surface area contributed by atoms with Gasteiger partial charge < -0.3 is 0 Å². The third-order valence-electron chi connectivity index (χ3n) is 3.02. The molecule has 0 N–H and O–H groups in total. The van der Waals surface area contributed by atoms with Gasteiger partial charge in [0.15, 0.2) is 5.78 Å². The molecule has 0 aliphatic heterocycles. The van der Waals surface area contributed by atoms with E-state index in [0.29, 0.717) is 5.56 Å². The maximum atomic E-state index is 13.2. The fraction of sp³-hybridized carbons (Fsp3) is 0.125. The SMILES string of the molecule is N#CCC(C(=O)c1ccc(F)c(Br)c1)c1ccccc1. The molecule has 1 atom stereocenters. The summed E-state index contributed by atoms with van der Waals surface area (Å²) in [6.45, 7) is 0. The number of Topliss-reactive ketones (excluding diaryl/α,β-unsaturated/α-hetero) is 1. The molecule has 0 spiro atoms. The summed E-state index contributed by atoms with van der Waals surface area (Å²) in [5, 5.41) is 8.92. The first-order valence-electron chi connectivity index (χ1n) is 6.04. The second-order valence-electron chi connectivity index (χ2n) is 4.32. The number of ketones is 1. The Morgan fingerprint density at radius 3 is 2.55 bits per heavy atom. The average Bonchev–Trinajstić information content (AvgIpc) is 2.48. The van der Waals surface area contributed by atoms with Gasteiger partial charge in [0.2, 0.25) is 0 Å². The molecule has 100 valence electrons. The number of carbonyl (C=O) groups excluding carboxylic acids is 1. The normalized spacial score (nSPS) is 11.7. The summed E-state index contributed by atoms with van der Waals surface area (Å²) >= 11 is 3.07. The number of hydrogen-bond acceptors (Lipinski definition) is 2. The summed E-state index contributed by atoms with van der Waals surface area (Å²) in [6.07, 6.45) is 0.0951. The largest absolute Gasteiger partial charge is 0.293 e. The maximum Gasteiger partial charge on any atom is 0.171 e. The molecule has 0 saturated heterocycles. The first-order valence-corrected chi connectivity index (χ1v) is 6.84. The van der Waals surface area contributed by atoms with E-state index in [9.17, 15) is 9.18 Å². The molecule has 4 heteroatoms. The van der Waals surface area contributed by atoms with Crippen LogP contribution in [0.5, 0.6) is 0 Å². The van der Waals surface area contributed by atoms with Crippen molar-refractivity contribution < 1.29 is 9.18 Å². The molecular weight excluding hydrogens is 321 g/mol. The van der Waals surface area contributed by atoms with Gasteiger partial charge in [-0.3, -0.25) is 4.79 Å². The second kappa shape index (κ2) is 6.44. The van der Waals surface area contributed by atoms with Gasteiger partial charge in [-0.1, -0.05) is 30.3 Å². The van der Waals surface area contributed by atoms with Crippen LogP contribution in [0.3, 0.4) is 0 Å². The van der Waals surface area contributed by atoms with Gasteiger partial charge >= 0.3 is 0 Å². The Kier molecular flexibility index (Phi) is 4.65. The van der Waals surface area contributed by atoms with Gasteiger partial charge in [-0.2, -0.15) is 5.26 Å². The van der Waals surface area contributed by atoms with E-state index < -0.39 is 11.7 Å². The lowest BCUT2D eigenvalue weighted by Crippen LogP contribution is -2.12. The molecule has 2 nitrogen and oxygen atoms in total. The van der Waals surface area contributed by atoms with Crippen molar-refractivity contribution in [2.75, 3.05) is 0 Å². The Bertz CT molecular complexity index is 664. The molecule has 0 amide bonds. The van der Waals surface area contributed by atoms with Gasteiger partial charge in [-0.25, -0.2) is 4.39 Å². The number of carbonyl (C=O) groups is 1. The van der Waals surface area contributed by atoms with E-state index >= 15 is 0 Å². The first kappa shape index (κ1) is 14.4. The van der Waals surface area contributed by atoms with Crippen LogP contribution in [0.4, 0.5) is 4.39 Å². The predicted molar refractivity (Wildman–Crippen MR) is 77.8 cm³/mol. The quantitative estimate of drug-likeness (QED) is 0.775. The summed E-state index contributed by atoms with van der Waals surface area (Å²) < 4.78 is 13.5. The van der Waals surface area contributed by atoms with Crippen molar-refractivity contribution in [1.82, 2.24) is 0 Å². The van der Waals surface area contributed by atoms with E-state index in [1.54, 1.807) is 0 Å². The summed E-state index contributed by atoms with van der Waals surface area (Å²) in [7, 11) is 0. The van der Waals surface area contributed by atoms with E-state index in [1.807, 2.05) is 36.4 Å². The zero-order chi connectivity index (χ0) is 14.5. The third kappa shape index (κ3) is 3.12. The average molecular weight is 332 g/mol. The molecule has 2 aromatic carbocycles. The van der Waals surface area contributed by atoms with Gasteiger partial charge in [0, 0.05) is 12.0 Å². The van der Waals surface area contributed by atoms with Crippen LogP contribution in [0.1, 0.15) is 28.3 Å². The Hall–Kier alpha value is -1.99. The molecule has 2 aromatic rings. The Labute approximate surface area is 125 Å². The minimum absolute atomic E-state index is 0.0951. The van der Waals surface area contributed by atoms with Crippen LogP contribution in [0.2, 0.25) is 0 Å². The van der Waals surface area contributed by atoms with Crippen LogP contribution in [-0.4, -0.2) is 5.78 Å². The Morgan fingerprint density at radius 1 is 1.25 bits per heavy atom. The minimum atomic E-state index is -0.529. The van der Waals surface area contributed by atoms with Crippen LogP contribution in [0.15, 0.2) is 53.0 Å². The number of nitriles is 1. The fourth-order valence-corrected chi connectivity index (χ4v) is 2.37. The van der Waals surface area contributed by atoms with Crippen LogP contribution in [-0.2, 0) is 0 Å². The van der Waals surface area contributed by atoms with Crippen LogP contribution in [0.25, 0.3) is 0 Å². The topological polar surface area (TPSA) is 40.9 Å². The number of benzene rings is 2. The zero-order valence-corrected chi connectivity index (χ0v) is 12.1. The van der Waals surface area contributed by atoms with Crippen molar-refractivity contribution in [1.29, 1.82) is 5.26 Å². The summed E-state index contributed by atoms with van der Waals surface area (Å²) in [6, 6.07) is 15.3. The molecular formula is C16H11BrFNO. The van der Waals surface area contributed by atoms with Gasteiger partial charge in [0.05, 0.1) is 16.5 Å². The van der Waals surface area contributed by atoms with E-state index in [2.05, 4.69) is 15.9 Å². The molecule has 1 unspecified atom stereocenters. The minimum Gasteiger partial charge on any atom is -0.293 e. The van der Waals surface area contributed by atoms with E-state index in [-0.39, 0.29) is 16.7 Å². The second-order valence-corrected chi connectivity index (χ2v) is 5.17. The molecule has 0 heterocycles. The monoisotopic (exact) mass is 331 g/mol. The van der Waals surface area contributed by atoms with Crippen molar-refractivity contribution in [3.63, 3.8) is 0 Å². The molecule has 0 saturated carbocycles. The molecule has 0 fully saturated rings. The summed E-state index contributed by atoms with van der Waals surface area (Å²) in [4.78, 5) is 12.5. The number of rotatable bonds is 4. The Morgan fingerprint density at radius 2 is 1.95 bits per heavy atom. The molecule has 0 aromatic heterocycles. The lowest BCUT2D eigenvalue weighted by molar-refractivity contribution is 0.0960. The molecule has 0 bridgehead atoms. The number of nitrogens with zero attached hydrogens (tertiary/aromatic N) is 1. The summed E-state index contributed by atoms with van der Waals surface area (Å²) in [5.41, 5.74) is 1.18.